The number of benzene rings is 1. The summed E-state index contributed by atoms with van der Waals surface area (Å²) in [5.74, 6) is 0.176. The van der Waals surface area contributed by atoms with E-state index in [-0.39, 0.29) is 11.5 Å². The van der Waals surface area contributed by atoms with E-state index < -0.39 is 15.6 Å². The van der Waals surface area contributed by atoms with Gasteiger partial charge in [0.15, 0.2) is 0 Å². The molecular weight excluding hydrogens is 278 g/mol. The topological polar surface area (TPSA) is 165 Å². The molecule has 0 heterocycles. The van der Waals surface area contributed by atoms with Crippen molar-refractivity contribution >= 4 is 15.6 Å². The summed E-state index contributed by atoms with van der Waals surface area (Å²) in [6.45, 7) is 0. The summed E-state index contributed by atoms with van der Waals surface area (Å²) in [4.78, 5) is 31.0. The van der Waals surface area contributed by atoms with E-state index in [0.717, 1.165) is 0 Å². The maximum absolute atomic E-state index is 9.63. The van der Waals surface area contributed by atoms with Gasteiger partial charge in [-0.3, -0.25) is 0 Å². The van der Waals surface area contributed by atoms with Crippen LogP contribution in [0.15, 0.2) is 24.3 Å². The first kappa shape index (κ1) is 16.1. The maximum Gasteiger partial charge on any atom is 0.478 e. The van der Waals surface area contributed by atoms with Crippen LogP contribution in [0.4, 0.5) is 0 Å². The van der Waals surface area contributed by atoms with Crippen LogP contribution in [0, 0.1) is 0 Å². The minimum Gasteiger partial charge on any atom is -0.508 e. The van der Waals surface area contributed by atoms with Crippen LogP contribution < -0.4 is 0 Å². The second-order valence-electron chi connectivity index (χ2n) is 2.58. The Morgan fingerprint density at radius 3 is 1.35 bits per heavy atom. The molecule has 9 nitrogen and oxygen atoms in total. The first-order valence-corrected chi connectivity index (χ1v) is 6.86. The van der Waals surface area contributed by atoms with E-state index in [9.17, 15) is 9.13 Å². The lowest BCUT2D eigenvalue weighted by molar-refractivity contribution is 0.225. The lowest BCUT2D eigenvalue weighted by Gasteiger charge is -2.03. The second kappa shape index (κ2) is 6.13. The quantitative estimate of drug-likeness (QED) is 0.419. The molecule has 0 saturated heterocycles. The van der Waals surface area contributed by atoms with Crippen molar-refractivity contribution in [3.63, 3.8) is 0 Å². The minimum atomic E-state index is -5.05. The summed E-state index contributed by atoms with van der Waals surface area (Å²) in [5.41, 5.74) is 0. The number of rotatable bonds is 2. The first-order chi connectivity index (χ1) is 7.49. The van der Waals surface area contributed by atoms with Gasteiger partial charge >= 0.3 is 15.6 Å². The van der Waals surface area contributed by atoms with E-state index in [1.54, 1.807) is 6.07 Å². The fraction of sp³-hybridized carbons (Fsp3) is 0. The molecule has 0 saturated carbocycles. The summed E-state index contributed by atoms with van der Waals surface area (Å²) in [6.07, 6.45) is 0. The molecule has 0 atom stereocenters. The average Bonchev–Trinajstić information content (AvgIpc) is 1.96. The molecule has 0 spiro atoms. The fourth-order valence-corrected chi connectivity index (χ4v) is 1.74. The first-order valence-electron chi connectivity index (χ1n) is 3.80. The summed E-state index contributed by atoms with van der Waals surface area (Å²) in [5, 5.41) is 17.3. The largest absolute Gasteiger partial charge is 0.508 e. The normalized spacial score (nSPS) is 11.5. The highest BCUT2D eigenvalue weighted by molar-refractivity contribution is 7.60. The van der Waals surface area contributed by atoms with Crippen LogP contribution >= 0.6 is 15.6 Å². The van der Waals surface area contributed by atoms with Gasteiger partial charge in [-0.25, -0.2) is 9.13 Å². The standard InChI is InChI=1S/C6H6O2.H4O7P2/c7-5-2-1-3-6(8)4-5;1-8(2,3)7-9(4,5)6/h1-4,7-8H;(H2,1,2,3)(H2,4,5,6). The maximum atomic E-state index is 9.63. The molecule has 6 N–H and O–H groups in total. The molecule has 0 aliphatic heterocycles. The van der Waals surface area contributed by atoms with Crippen molar-refractivity contribution in [1.29, 1.82) is 0 Å². The summed E-state index contributed by atoms with van der Waals surface area (Å²) >= 11 is 0. The molecule has 17 heavy (non-hydrogen) atoms. The zero-order valence-corrected chi connectivity index (χ0v) is 9.90. The van der Waals surface area contributed by atoms with Gasteiger partial charge in [-0.2, -0.15) is 4.31 Å². The van der Waals surface area contributed by atoms with Gasteiger partial charge in [0.2, 0.25) is 0 Å². The molecule has 98 valence electrons. The van der Waals surface area contributed by atoms with Crippen LogP contribution in [-0.4, -0.2) is 29.8 Å². The number of phenols is 2. The van der Waals surface area contributed by atoms with E-state index in [2.05, 4.69) is 4.31 Å². The van der Waals surface area contributed by atoms with Gasteiger partial charge in [0.05, 0.1) is 0 Å². The van der Waals surface area contributed by atoms with Gasteiger partial charge in [-0.15, -0.1) is 0 Å². The monoisotopic (exact) mass is 288 g/mol. The zero-order valence-electron chi connectivity index (χ0n) is 8.11. The Balaban J connectivity index is 0.000000302. The summed E-state index contributed by atoms with van der Waals surface area (Å²) < 4.78 is 22.2. The van der Waals surface area contributed by atoms with Crippen LogP contribution in [0.3, 0.4) is 0 Å². The van der Waals surface area contributed by atoms with Crippen molar-refractivity contribution in [2.45, 2.75) is 0 Å². The SMILES string of the molecule is O=P(O)(O)OP(=O)(O)O.Oc1cccc(O)c1. The van der Waals surface area contributed by atoms with Crippen molar-refractivity contribution in [1.82, 2.24) is 0 Å². The van der Waals surface area contributed by atoms with E-state index in [4.69, 9.17) is 29.8 Å². The van der Waals surface area contributed by atoms with Crippen molar-refractivity contribution in [2.75, 3.05) is 0 Å². The van der Waals surface area contributed by atoms with Crippen LogP contribution in [0.1, 0.15) is 0 Å². The number of phosphoric acid groups is 2. The number of phenolic OH excluding ortho intramolecular Hbond substituents is 2. The lowest BCUT2D eigenvalue weighted by Crippen LogP contribution is -1.84. The van der Waals surface area contributed by atoms with Crippen molar-refractivity contribution in [2.24, 2.45) is 0 Å². The molecule has 0 radical (unpaired) electrons. The van der Waals surface area contributed by atoms with Crippen LogP contribution in [-0.2, 0) is 13.4 Å². The molecule has 0 amide bonds. The molecule has 0 fully saturated rings. The van der Waals surface area contributed by atoms with Crippen molar-refractivity contribution < 1.29 is 43.2 Å². The highest BCUT2D eigenvalue weighted by Gasteiger charge is 2.27. The van der Waals surface area contributed by atoms with E-state index >= 15 is 0 Å². The highest BCUT2D eigenvalue weighted by Crippen LogP contribution is 2.53. The number of aromatic hydroxyl groups is 2. The smallest absolute Gasteiger partial charge is 0.478 e. The number of hydrogen-bond acceptors (Lipinski definition) is 5. The molecule has 11 heteroatoms. The average molecular weight is 288 g/mol. The van der Waals surface area contributed by atoms with Gasteiger partial charge in [0.25, 0.3) is 0 Å². The minimum absolute atomic E-state index is 0.0880. The Morgan fingerprint density at radius 2 is 1.24 bits per heavy atom. The molecule has 0 unspecified atom stereocenters. The third-order valence-electron chi connectivity index (χ3n) is 1.04. The highest BCUT2D eigenvalue weighted by atomic mass is 31.3. The Bertz CT molecular complexity index is 409. The fourth-order valence-electron chi connectivity index (χ4n) is 0.632. The lowest BCUT2D eigenvalue weighted by atomic mass is 10.3. The predicted octanol–water partition coefficient (Wildman–Crippen LogP) is 0.286. The zero-order chi connectivity index (χ0) is 13.7. The molecule has 1 aromatic rings. The van der Waals surface area contributed by atoms with E-state index in [1.807, 2.05) is 0 Å². The van der Waals surface area contributed by atoms with Gasteiger partial charge in [0.1, 0.15) is 11.5 Å². The third-order valence-corrected chi connectivity index (χ3v) is 2.74. The third kappa shape index (κ3) is 11.3. The second-order valence-corrected chi connectivity index (χ2v) is 5.20. The van der Waals surface area contributed by atoms with Gasteiger partial charge < -0.3 is 29.8 Å². The van der Waals surface area contributed by atoms with Gasteiger partial charge in [0, 0.05) is 6.07 Å². The molecule has 1 rings (SSSR count). The molecule has 0 aliphatic rings. The molecule has 0 bridgehead atoms. The Kier molecular flexibility index (Phi) is 5.80. The summed E-state index contributed by atoms with van der Waals surface area (Å²) in [7, 11) is -10.1. The van der Waals surface area contributed by atoms with Crippen LogP contribution in [0.25, 0.3) is 0 Å². The van der Waals surface area contributed by atoms with Crippen LogP contribution in [0.5, 0.6) is 11.5 Å². The Labute approximate surface area is 95.4 Å². The molecular formula is C6H10O9P2. The van der Waals surface area contributed by atoms with Crippen molar-refractivity contribution in [3.8, 4) is 11.5 Å². The number of hydrogen-bond donors (Lipinski definition) is 6. The van der Waals surface area contributed by atoms with Crippen molar-refractivity contribution in [3.05, 3.63) is 24.3 Å². The predicted molar refractivity (Wildman–Crippen MR) is 54.9 cm³/mol. The molecule has 0 aromatic heterocycles. The Hall–Kier alpha value is -0.920. The summed E-state index contributed by atoms with van der Waals surface area (Å²) in [6, 6.07) is 5.85. The van der Waals surface area contributed by atoms with Crippen LogP contribution in [0.2, 0.25) is 0 Å². The van der Waals surface area contributed by atoms with Gasteiger partial charge in [-0.05, 0) is 12.1 Å². The molecule has 1 aromatic carbocycles. The Morgan fingerprint density at radius 1 is 0.882 bits per heavy atom. The molecule has 0 aliphatic carbocycles. The van der Waals surface area contributed by atoms with E-state index in [1.165, 1.54) is 18.2 Å². The van der Waals surface area contributed by atoms with Gasteiger partial charge in [-0.1, -0.05) is 6.07 Å². The van der Waals surface area contributed by atoms with E-state index in [0.29, 0.717) is 0 Å².